The van der Waals surface area contributed by atoms with Gasteiger partial charge in [0.25, 0.3) is 5.69 Å². The summed E-state index contributed by atoms with van der Waals surface area (Å²) in [7, 11) is 3.44. The number of aryl methyl sites for hydroxylation is 1. The molecule has 2 rings (SSSR count). The van der Waals surface area contributed by atoms with Crippen LogP contribution in [0, 0.1) is 17.0 Å². The standard InChI is InChI=1S/C17H21N5O3/c1-6-13-10-18-17(20-16(13)21(4)12(3)25-5)19-15-11(2)8-7-9-14(15)22(23)24/h6-10,12H,1H2,2-5H3,(H,18,19,20). The van der Waals surface area contributed by atoms with Crippen molar-refractivity contribution in [3.63, 3.8) is 0 Å². The van der Waals surface area contributed by atoms with Gasteiger partial charge in [-0.1, -0.05) is 24.8 Å². The molecule has 0 radical (unpaired) electrons. The van der Waals surface area contributed by atoms with Gasteiger partial charge in [0, 0.05) is 32.0 Å². The largest absolute Gasteiger partial charge is 0.362 e. The second kappa shape index (κ2) is 7.71. The molecule has 1 atom stereocenters. The second-order valence-electron chi connectivity index (χ2n) is 5.47. The number of nitro benzene ring substituents is 1. The molecule has 1 unspecified atom stereocenters. The SMILES string of the molecule is C=Cc1cnc(Nc2c(C)cccc2[N+](=O)[O-])nc1N(C)C(C)OC. The van der Waals surface area contributed by atoms with Gasteiger partial charge in [-0.15, -0.1) is 0 Å². The predicted molar refractivity (Wildman–Crippen MR) is 98.1 cm³/mol. The summed E-state index contributed by atoms with van der Waals surface area (Å²) in [5, 5.41) is 14.2. The summed E-state index contributed by atoms with van der Waals surface area (Å²) in [6.07, 6.45) is 3.05. The first-order chi connectivity index (χ1) is 11.9. The Hall–Kier alpha value is -3.00. The fraction of sp³-hybridized carbons (Fsp3) is 0.294. The molecule has 0 saturated heterocycles. The van der Waals surface area contributed by atoms with Crippen LogP contribution < -0.4 is 10.2 Å². The molecule has 0 bridgehead atoms. The number of anilines is 3. The quantitative estimate of drug-likeness (QED) is 0.467. The van der Waals surface area contributed by atoms with Crippen molar-refractivity contribution >= 4 is 29.2 Å². The highest BCUT2D eigenvalue weighted by Crippen LogP contribution is 2.30. The summed E-state index contributed by atoms with van der Waals surface area (Å²) in [5.74, 6) is 0.867. The number of rotatable bonds is 7. The minimum atomic E-state index is -0.437. The van der Waals surface area contributed by atoms with Crippen molar-refractivity contribution in [3.05, 3.63) is 52.2 Å². The summed E-state index contributed by atoms with van der Waals surface area (Å²) in [4.78, 5) is 21.4. The molecule has 0 aliphatic heterocycles. The Labute approximate surface area is 146 Å². The van der Waals surface area contributed by atoms with Crippen molar-refractivity contribution in [3.8, 4) is 0 Å². The lowest BCUT2D eigenvalue weighted by Crippen LogP contribution is -2.31. The third-order valence-corrected chi connectivity index (χ3v) is 3.92. The number of aromatic nitrogens is 2. The maximum Gasteiger partial charge on any atom is 0.293 e. The van der Waals surface area contributed by atoms with Gasteiger partial charge in [-0.2, -0.15) is 4.98 Å². The third-order valence-electron chi connectivity index (χ3n) is 3.92. The minimum absolute atomic E-state index is 0.0310. The van der Waals surface area contributed by atoms with E-state index in [0.717, 1.165) is 11.1 Å². The number of ether oxygens (including phenoxy) is 1. The third kappa shape index (κ3) is 3.92. The Morgan fingerprint density at radius 1 is 1.48 bits per heavy atom. The molecule has 1 aromatic carbocycles. The molecule has 8 nitrogen and oxygen atoms in total. The minimum Gasteiger partial charge on any atom is -0.362 e. The molecule has 0 aliphatic carbocycles. The average molecular weight is 343 g/mol. The lowest BCUT2D eigenvalue weighted by atomic mass is 10.1. The van der Waals surface area contributed by atoms with Gasteiger partial charge < -0.3 is 15.0 Å². The summed E-state index contributed by atoms with van der Waals surface area (Å²) in [6.45, 7) is 7.44. The highest BCUT2D eigenvalue weighted by molar-refractivity contribution is 5.72. The zero-order valence-corrected chi connectivity index (χ0v) is 14.7. The summed E-state index contributed by atoms with van der Waals surface area (Å²) in [5.41, 5.74) is 1.80. The topological polar surface area (TPSA) is 93.4 Å². The molecule has 0 amide bonds. The molecule has 132 valence electrons. The zero-order chi connectivity index (χ0) is 18.6. The Bertz CT molecular complexity index is 794. The van der Waals surface area contributed by atoms with Crippen LogP contribution in [-0.2, 0) is 4.74 Å². The Morgan fingerprint density at radius 3 is 2.80 bits per heavy atom. The molecule has 0 aliphatic rings. The first kappa shape index (κ1) is 18.3. The molecule has 0 saturated carbocycles. The number of hydrogen-bond donors (Lipinski definition) is 1. The molecule has 8 heteroatoms. The van der Waals surface area contributed by atoms with E-state index in [1.807, 2.05) is 18.9 Å². The fourth-order valence-electron chi connectivity index (χ4n) is 2.28. The fourth-order valence-corrected chi connectivity index (χ4v) is 2.28. The normalized spacial score (nSPS) is 11.7. The Morgan fingerprint density at radius 2 is 2.20 bits per heavy atom. The van der Waals surface area contributed by atoms with E-state index in [1.165, 1.54) is 6.07 Å². The molecular weight excluding hydrogens is 322 g/mol. The Kier molecular flexibility index (Phi) is 5.66. The maximum atomic E-state index is 11.3. The first-order valence-corrected chi connectivity index (χ1v) is 7.65. The van der Waals surface area contributed by atoms with Gasteiger partial charge in [0.1, 0.15) is 17.7 Å². The van der Waals surface area contributed by atoms with E-state index >= 15 is 0 Å². The van der Waals surface area contributed by atoms with Gasteiger partial charge in [0.05, 0.1) is 4.92 Å². The van der Waals surface area contributed by atoms with Crippen LogP contribution in [0.4, 0.5) is 23.1 Å². The van der Waals surface area contributed by atoms with Crippen LogP contribution in [-0.4, -0.2) is 35.3 Å². The predicted octanol–water partition coefficient (Wildman–Crippen LogP) is 3.51. The monoisotopic (exact) mass is 343 g/mol. The van der Waals surface area contributed by atoms with Crippen LogP contribution >= 0.6 is 0 Å². The van der Waals surface area contributed by atoms with E-state index in [0.29, 0.717) is 11.5 Å². The van der Waals surface area contributed by atoms with E-state index < -0.39 is 4.92 Å². The summed E-state index contributed by atoms with van der Waals surface area (Å²) < 4.78 is 5.32. The van der Waals surface area contributed by atoms with Crippen molar-refractivity contribution in [2.75, 3.05) is 24.4 Å². The van der Waals surface area contributed by atoms with E-state index in [4.69, 9.17) is 4.74 Å². The van der Waals surface area contributed by atoms with Gasteiger partial charge in [0.15, 0.2) is 0 Å². The average Bonchev–Trinajstić information content (AvgIpc) is 2.61. The summed E-state index contributed by atoms with van der Waals surface area (Å²) >= 11 is 0. The summed E-state index contributed by atoms with van der Waals surface area (Å²) in [6, 6.07) is 4.86. The van der Waals surface area contributed by atoms with Crippen LogP contribution in [0.1, 0.15) is 18.1 Å². The van der Waals surface area contributed by atoms with E-state index in [-0.39, 0.29) is 17.9 Å². The van der Waals surface area contributed by atoms with Crippen molar-refractivity contribution in [2.45, 2.75) is 20.1 Å². The zero-order valence-electron chi connectivity index (χ0n) is 14.7. The molecular formula is C17H21N5O3. The maximum absolute atomic E-state index is 11.3. The molecule has 1 aromatic heterocycles. The number of benzene rings is 1. The van der Waals surface area contributed by atoms with E-state index in [2.05, 4.69) is 21.9 Å². The highest BCUT2D eigenvalue weighted by Gasteiger charge is 2.19. The molecule has 0 fully saturated rings. The van der Waals surface area contributed by atoms with Gasteiger partial charge in [-0.05, 0) is 19.4 Å². The molecule has 1 N–H and O–H groups in total. The number of nitro groups is 1. The molecule has 2 aromatic rings. The van der Waals surface area contributed by atoms with Gasteiger partial charge in [0.2, 0.25) is 5.95 Å². The van der Waals surface area contributed by atoms with Crippen LogP contribution in [0.25, 0.3) is 6.08 Å². The Balaban J connectivity index is 2.46. The molecule has 1 heterocycles. The van der Waals surface area contributed by atoms with E-state index in [1.54, 1.807) is 38.4 Å². The number of methoxy groups -OCH3 is 1. The van der Waals surface area contributed by atoms with Crippen molar-refractivity contribution in [1.82, 2.24) is 9.97 Å². The smallest absolute Gasteiger partial charge is 0.293 e. The number of hydrogen-bond acceptors (Lipinski definition) is 7. The van der Waals surface area contributed by atoms with Crippen LogP contribution in [0.5, 0.6) is 0 Å². The van der Waals surface area contributed by atoms with Crippen molar-refractivity contribution in [1.29, 1.82) is 0 Å². The van der Waals surface area contributed by atoms with Gasteiger partial charge >= 0.3 is 0 Å². The van der Waals surface area contributed by atoms with Gasteiger partial charge in [-0.3, -0.25) is 10.1 Å². The van der Waals surface area contributed by atoms with Crippen LogP contribution in [0.3, 0.4) is 0 Å². The number of nitrogens with one attached hydrogen (secondary N) is 1. The first-order valence-electron chi connectivity index (χ1n) is 7.65. The lowest BCUT2D eigenvalue weighted by Gasteiger charge is -2.26. The number of para-hydroxylation sites is 1. The van der Waals surface area contributed by atoms with Crippen LogP contribution in [0.15, 0.2) is 31.0 Å². The van der Waals surface area contributed by atoms with E-state index in [9.17, 15) is 10.1 Å². The van der Waals surface area contributed by atoms with Gasteiger partial charge in [-0.25, -0.2) is 4.98 Å². The molecule has 0 spiro atoms. The molecule has 25 heavy (non-hydrogen) atoms. The highest BCUT2D eigenvalue weighted by atomic mass is 16.6. The van der Waals surface area contributed by atoms with Crippen molar-refractivity contribution < 1.29 is 9.66 Å². The number of nitrogens with zero attached hydrogens (tertiary/aromatic N) is 4. The second-order valence-corrected chi connectivity index (χ2v) is 5.47. The van der Waals surface area contributed by atoms with Crippen LogP contribution in [0.2, 0.25) is 0 Å². The lowest BCUT2D eigenvalue weighted by molar-refractivity contribution is -0.384. The van der Waals surface area contributed by atoms with Crippen molar-refractivity contribution in [2.24, 2.45) is 0 Å².